The first-order valence-electron chi connectivity index (χ1n) is 9.24. The molecule has 28 heavy (non-hydrogen) atoms. The van der Waals surface area contributed by atoms with Crippen molar-refractivity contribution < 1.29 is 13.9 Å². The Morgan fingerprint density at radius 3 is 2.57 bits per heavy atom. The summed E-state index contributed by atoms with van der Waals surface area (Å²) >= 11 is 0. The molecule has 0 fully saturated rings. The first kappa shape index (κ1) is 19.9. The topological polar surface area (TPSA) is 68.5 Å². The van der Waals surface area contributed by atoms with Gasteiger partial charge >= 0.3 is 0 Å². The van der Waals surface area contributed by atoms with Gasteiger partial charge in [0, 0.05) is 37.3 Å². The number of ether oxygens (including phenoxy) is 1. The zero-order valence-electron chi connectivity index (χ0n) is 16.6. The second kappa shape index (κ2) is 8.06. The molecule has 0 aliphatic carbocycles. The van der Waals surface area contributed by atoms with Gasteiger partial charge in [-0.05, 0) is 36.8 Å². The van der Waals surface area contributed by atoms with Gasteiger partial charge in [-0.2, -0.15) is 5.10 Å². The molecule has 1 aromatic carbocycles. The largest absolute Gasteiger partial charge is 0.385 e. The van der Waals surface area contributed by atoms with Crippen LogP contribution >= 0.6 is 0 Å². The molecule has 0 saturated carbocycles. The monoisotopic (exact) mass is 384 g/mol. The predicted molar refractivity (Wildman–Crippen MR) is 106 cm³/mol. The molecular formula is C21H25FN4O2. The van der Waals surface area contributed by atoms with Gasteiger partial charge < -0.3 is 10.1 Å². The Morgan fingerprint density at radius 2 is 1.93 bits per heavy atom. The molecule has 2 heterocycles. The van der Waals surface area contributed by atoms with E-state index < -0.39 is 0 Å². The minimum atomic E-state index is -0.319. The Morgan fingerprint density at radius 1 is 1.21 bits per heavy atom. The summed E-state index contributed by atoms with van der Waals surface area (Å²) in [5.74, 6) is -0.560. The second-order valence-electron chi connectivity index (χ2n) is 7.69. The first-order chi connectivity index (χ1) is 13.3. The average molecular weight is 384 g/mol. The summed E-state index contributed by atoms with van der Waals surface area (Å²) in [4.78, 5) is 17.5. The summed E-state index contributed by atoms with van der Waals surface area (Å²) in [6, 6.07) is 9.62. The van der Waals surface area contributed by atoms with Crippen molar-refractivity contribution in [1.29, 1.82) is 0 Å². The van der Waals surface area contributed by atoms with Crippen LogP contribution in [0.4, 0.5) is 4.39 Å². The van der Waals surface area contributed by atoms with Crippen LogP contribution in [0, 0.1) is 5.82 Å². The number of amides is 1. The van der Waals surface area contributed by atoms with E-state index in [1.165, 1.54) is 12.1 Å². The fourth-order valence-electron chi connectivity index (χ4n) is 2.78. The summed E-state index contributed by atoms with van der Waals surface area (Å²) in [7, 11) is 1.63. The van der Waals surface area contributed by atoms with E-state index in [0.29, 0.717) is 36.6 Å². The number of aromatic nitrogens is 3. The van der Waals surface area contributed by atoms with Gasteiger partial charge in [-0.25, -0.2) is 13.9 Å². The zero-order chi connectivity index (χ0) is 20.3. The number of hydrogen-bond acceptors (Lipinski definition) is 4. The molecule has 0 saturated heterocycles. The van der Waals surface area contributed by atoms with Crippen LogP contribution in [0.1, 0.15) is 43.4 Å². The number of hydrogen-bond donors (Lipinski definition) is 1. The number of nitrogens with one attached hydrogen (secondary N) is 1. The molecule has 2 aromatic heterocycles. The third kappa shape index (κ3) is 4.36. The van der Waals surface area contributed by atoms with E-state index in [4.69, 9.17) is 4.74 Å². The van der Waals surface area contributed by atoms with Gasteiger partial charge in [0.2, 0.25) is 0 Å². The lowest BCUT2D eigenvalue weighted by molar-refractivity contribution is 0.0941. The molecular weight excluding hydrogens is 359 g/mol. The summed E-state index contributed by atoms with van der Waals surface area (Å²) in [5.41, 5.74) is 2.94. The van der Waals surface area contributed by atoms with Crippen LogP contribution in [0.25, 0.3) is 16.9 Å². The number of carbonyl (C=O) groups excluding carboxylic acids is 1. The SMILES string of the molecule is COCCCNC(=O)c1cc(-c2ccc(F)cc2)nc2cc(C(C)(C)C)nn12. The molecule has 1 N–H and O–H groups in total. The van der Waals surface area contributed by atoms with Gasteiger partial charge in [0.1, 0.15) is 11.5 Å². The molecule has 0 radical (unpaired) electrons. The van der Waals surface area contributed by atoms with Crippen molar-refractivity contribution in [3.8, 4) is 11.3 Å². The molecule has 0 aliphatic rings. The Kier molecular flexibility index (Phi) is 5.74. The van der Waals surface area contributed by atoms with Crippen molar-refractivity contribution in [2.45, 2.75) is 32.6 Å². The van der Waals surface area contributed by atoms with E-state index in [2.05, 4.69) is 36.2 Å². The molecule has 1 amide bonds. The van der Waals surface area contributed by atoms with Crippen LogP contribution in [0.15, 0.2) is 36.4 Å². The number of carbonyl (C=O) groups is 1. The molecule has 0 bridgehead atoms. The standard InChI is InChI=1S/C21H25FN4O2/c1-21(2,3)18-13-19-24-16(14-6-8-15(22)9-7-14)12-17(26(19)25-18)20(27)23-10-5-11-28-4/h6-9,12-13H,5,10-11H2,1-4H3,(H,23,27). The van der Waals surface area contributed by atoms with Crippen LogP contribution in [-0.2, 0) is 10.2 Å². The highest BCUT2D eigenvalue weighted by Gasteiger charge is 2.22. The normalized spacial score (nSPS) is 11.8. The Labute approximate surface area is 163 Å². The zero-order valence-corrected chi connectivity index (χ0v) is 16.6. The van der Waals surface area contributed by atoms with E-state index in [0.717, 1.165) is 11.3 Å². The van der Waals surface area contributed by atoms with Gasteiger partial charge in [-0.3, -0.25) is 4.79 Å². The summed E-state index contributed by atoms with van der Waals surface area (Å²) in [6.45, 7) is 7.24. The molecule has 0 atom stereocenters. The van der Waals surface area contributed by atoms with Crippen molar-refractivity contribution in [2.24, 2.45) is 0 Å². The molecule has 7 heteroatoms. The molecule has 148 valence electrons. The number of rotatable bonds is 6. The third-order valence-corrected chi connectivity index (χ3v) is 4.38. The van der Waals surface area contributed by atoms with Crippen molar-refractivity contribution >= 4 is 11.6 Å². The van der Waals surface area contributed by atoms with Crippen molar-refractivity contribution in [1.82, 2.24) is 19.9 Å². The van der Waals surface area contributed by atoms with Crippen molar-refractivity contribution in [2.75, 3.05) is 20.3 Å². The van der Waals surface area contributed by atoms with Gasteiger partial charge in [0.25, 0.3) is 5.91 Å². The van der Waals surface area contributed by atoms with Gasteiger partial charge in [0.15, 0.2) is 5.65 Å². The highest BCUT2D eigenvalue weighted by atomic mass is 19.1. The van der Waals surface area contributed by atoms with E-state index in [9.17, 15) is 9.18 Å². The molecule has 3 aromatic rings. The maximum Gasteiger partial charge on any atom is 0.270 e. The second-order valence-corrected chi connectivity index (χ2v) is 7.69. The molecule has 0 aliphatic heterocycles. The number of halogens is 1. The lowest BCUT2D eigenvalue weighted by Crippen LogP contribution is -2.27. The van der Waals surface area contributed by atoms with Gasteiger partial charge in [0.05, 0.1) is 11.4 Å². The van der Waals surface area contributed by atoms with E-state index in [-0.39, 0.29) is 17.1 Å². The summed E-state index contributed by atoms with van der Waals surface area (Å²) in [6.07, 6.45) is 0.716. The predicted octanol–water partition coefficient (Wildman–Crippen LogP) is 3.60. The summed E-state index contributed by atoms with van der Waals surface area (Å²) < 4.78 is 19.9. The third-order valence-electron chi connectivity index (χ3n) is 4.38. The van der Waals surface area contributed by atoms with E-state index >= 15 is 0 Å². The fourth-order valence-corrected chi connectivity index (χ4v) is 2.78. The van der Waals surface area contributed by atoms with Gasteiger partial charge in [-0.15, -0.1) is 0 Å². The molecule has 0 unspecified atom stereocenters. The lowest BCUT2D eigenvalue weighted by atomic mass is 9.93. The van der Waals surface area contributed by atoms with E-state index in [1.807, 2.05) is 6.07 Å². The molecule has 0 spiro atoms. The van der Waals surface area contributed by atoms with Crippen LogP contribution in [0.3, 0.4) is 0 Å². The number of fused-ring (bicyclic) bond motifs is 1. The van der Waals surface area contributed by atoms with Gasteiger partial charge in [-0.1, -0.05) is 20.8 Å². The Hall–Kier alpha value is -2.80. The van der Waals surface area contributed by atoms with Crippen LogP contribution in [0.2, 0.25) is 0 Å². The maximum absolute atomic E-state index is 13.3. The lowest BCUT2D eigenvalue weighted by Gasteiger charge is -2.13. The highest BCUT2D eigenvalue weighted by Crippen LogP contribution is 2.25. The van der Waals surface area contributed by atoms with Crippen molar-refractivity contribution in [3.63, 3.8) is 0 Å². The highest BCUT2D eigenvalue weighted by molar-refractivity contribution is 5.94. The fraction of sp³-hybridized carbons (Fsp3) is 0.381. The molecule has 3 rings (SSSR count). The maximum atomic E-state index is 13.3. The number of benzene rings is 1. The smallest absolute Gasteiger partial charge is 0.270 e. The number of methoxy groups -OCH3 is 1. The average Bonchev–Trinajstić information content (AvgIpc) is 3.09. The van der Waals surface area contributed by atoms with Crippen LogP contribution in [-0.4, -0.2) is 40.8 Å². The minimum Gasteiger partial charge on any atom is -0.385 e. The molecule has 6 nitrogen and oxygen atoms in total. The summed E-state index contributed by atoms with van der Waals surface area (Å²) in [5, 5.41) is 7.50. The number of nitrogens with zero attached hydrogens (tertiary/aromatic N) is 3. The quantitative estimate of drug-likeness (QED) is 0.660. The minimum absolute atomic E-state index is 0.185. The van der Waals surface area contributed by atoms with Crippen LogP contribution in [0.5, 0.6) is 0 Å². The Balaban J connectivity index is 2.06. The first-order valence-corrected chi connectivity index (χ1v) is 9.24. The van der Waals surface area contributed by atoms with Crippen molar-refractivity contribution in [3.05, 3.63) is 53.6 Å². The van der Waals surface area contributed by atoms with Crippen LogP contribution < -0.4 is 5.32 Å². The van der Waals surface area contributed by atoms with E-state index in [1.54, 1.807) is 29.8 Å². The Bertz CT molecular complexity index is 974.